The SMILES string of the molecule is CNc1cc([N+](=O)[O-])cc(Oc2cccc(C#N)c2)n1. The van der Waals surface area contributed by atoms with Crippen LogP contribution in [0, 0.1) is 21.4 Å². The summed E-state index contributed by atoms with van der Waals surface area (Å²) in [5.41, 5.74) is 0.303. The lowest BCUT2D eigenvalue weighted by molar-refractivity contribution is -0.384. The third kappa shape index (κ3) is 3.00. The molecule has 1 heterocycles. The predicted molar refractivity (Wildman–Crippen MR) is 71.7 cm³/mol. The molecule has 0 saturated heterocycles. The van der Waals surface area contributed by atoms with Crippen molar-refractivity contribution in [3.05, 3.63) is 52.1 Å². The van der Waals surface area contributed by atoms with Crippen molar-refractivity contribution < 1.29 is 9.66 Å². The third-order valence-corrected chi connectivity index (χ3v) is 2.44. The van der Waals surface area contributed by atoms with Gasteiger partial charge in [0.15, 0.2) is 0 Å². The summed E-state index contributed by atoms with van der Waals surface area (Å²) < 4.78 is 5.45. The summed E-state index contributed by atoms with van der Waals surface area (Å²) in [5, 5.41) is 22.4. The number of aromatic nitrogens is 1. The molecule has 7 nitrogen and oxygen atoms in total. The van der Waals surface area contributed by atoms with Gasteiger partial charge in [0.05, 0.1) is 28.7 Å². The zero-order chi connectivity index (χ0) is 14.5. The van der Waals surface area contributed by atoms with Gasteiger partial charge >= 0.3 is 0 Å². The summed E-state index contributed by atoms with van der Waals surface area (Å²) in [7, 11) is 1.60. The Morgan fingerprint density at radius 1 is 1.40 bits per heavy atom. The van der Waals surface area contributed by atoms with E-state index in [9.17, 15) is 10.1 Å². The number of pyridine rings is 1. The predicted octanol–water partition coefficient (Wildman–Crippen LogP) is 2.70. The van der Waals surface area contributed by atoms with Crippen LogP contribution in [0.1, 0.15) is 5.56 Å². The van der Waals surface area contributed by atoms with Crippen molar-refractivity contribution >= 4 is 11.5 Å². The Morgan fingerprint density at radius 3 is 2.85 bits per heavy atom. The molecule has 20 heavy (non-hydrogen) atoms. The van der Waals surface area contributed by atoms with Gasteiger partial charge < -0.3 is 10.1 Å². The fourth-order valence-corrected chi connectivity index (χ4v) is 1.53. The number of anilines is 1. The van der Waals surface area contributed by atoms with E-state index in [0.29, 0.717) is 17.1 Å². The number of hydrogen-bond acceptors (Lipinski definition) is 6. The molecule has 0 radical (unpaired) electrons. The molecule has 0 unspecified atom stereocenters. The Labute approximate surface area is 114 Å². The first-order valence-corrected chi connectivity index (χ1v) is 5.64. The van der Waals surface area contributed by atoms with Gasteiger partial charge in [0, 0.05) is 7.05 Å². The first kappa shape index (κ1) is 13.3. The molecular weight excluding hydrogens is 260 g/mol. The molecule has 7 heteroatoms. The molecule has 1 aromatic heterocycles. The summed E-state index contributed by atoms with van der Waals surface area (Å²) in [6.07, 6.45) is 0. The normalized spacial score (nSPS) is 9.60. The minimum atomic E-state index is -0.527. The lowest BCUT2D eigenvalue weighted by atomic mass is 10.2. The van der Waals surface area contributed by atoms with Crippen molar-refractivity contribution in [3.63, 3.8) is 0 Å². The number of nitriles is 1. The molecule has 0 amide bonds. The van der Waals surface area contributed by atoms with Crippen LogP contribution in [0.4, 0.5) is 11.5 Å². The number of nitrogens with zero attached hydrogens (tertiary/aromatic N) is 3. The Kier molecular flexibility index (Phi) is 3.77. The van der Waals surface area contributed by atoms with Crippen LogP contribution in [0.2, 0.25) is 0 Å². The summed E-state index contributed by atoms with van der Waals surface area (Å²) >= 11 is 0. The summed E-state index contributed by atoms with van der Waals surface area (Å²) in [5.74, 6) is 0.795. The standard InChI is InChI=1S/C13H10N4O3/c1-15-12-6-10(17(18)19)7-13(16-12)20-11-4-2-3-9(5-11)8-14/h2-7H,1H3,(H,15,16). The Balaban J connectivity index is 2.35. The molecule has 0 atom stereocenters. The van der Waals surface area contributed by atoms with E-state index in [1.807, 2.05) is 6.07 Å². The molecular formula is C13H10N4O3. The van der Waals surface area contributed by atoms with Gasteiger partial charge in [-0.25, -0.2) is 0 Å². The molecule has 0 spiro atoms. The van der Waals surface area contributed by atoms with Crippen molar-refractivity contribution in [2.45, 2.75) is 0 Å². The van der Waals surface area contributed by atoms with Gasteiger partial charge in [0.2, 0.25) is 5.88 Å². The van der Waals surface area contributed by atoms with Gasteiger partial charge in [-0.1, -0.05) is 6.07 Å². The number of nitro groups is 1. The molecule has 100 valence electrons. The number of benzene rings is 1. The molecule has 2 aromatic rings. The maximum atomic E-state index is 10.8. The van der Waals surface area contributed by atoms with Crippen LogP contribution in [0.15, 0.2) is 36.4 Å². The summed E-state index contributed by atoms with van der Waals surface area (Å²) in [6, 6.07) is 11.0. The van der Waals surface area contributed by atoms with Crippen LogP contribution in [0.3, 0.4) is 0 Å². The van der Waals surface area contributed by atoms with E-state index in [4.69, 9.17) is 10.00 Å². The van der Waals surface area contributed by atoms with Crippen LogP contribution in [-0.2, 0) is 0 Å². The van der Waals surface area contributed by atoms with Crippen molar-refractivity contribution in [3.8, 4) is 17.7 Å². The van der Waals surface area contributed by atoms with Crippen molar-refractivity contribution in [2.24, 2.45) is 0 Å². The molecule has 1 aromatic carbocycles. The number of rotatable bonds is 4. The molecule has 1 N–H and O–H groups in total. The highest BCUT2D eigenvalue weighted by molar-refractivity contribution is 5.49. The molecule has 0 aliphatic rings. The van der Waals surface area contributed by atoms with Gasteiger partial charge in [0.25, 0.3) is 5.69 Å². The highest BCUT2D eigenvalue weighted by Gasteiger charge is 2.12. The lowest BCUT2D eigenvalue weighted by Crippen LogP contribution is -1.98. The van der Waals surface area contributed by atoms with E-state index in [-0.39, 0.29) is 11.6 Å². The van der Waals surface area contributed by atoms with E-state index < -0.39 is 4.92 Å². The number of nitrogens with one attached hydrogen (secondary N) is 1. The Bertz CT molecular complexity index is 694. The average Bonchev–Trinajstić information content (AvgIpc) is 2.47. The van der Waals surface area contributed by atoms with E-state index in [0.717, 1.165) is 0 Å². The molecule has 0 saturated carbocycles. The van der Waals surface area contributed by atoms with E-state index in [1.165, 1.54) is 18.2 Å². The number of hydrogen-bond donors (Lipinski definition) is 1. The molecule has 0 bridgehead atoms. The topological polar surface area (TPSA) is 101 Å². The molecule has 2 rings (SSSR count). The monoisotopic (exact) mass is 270 g/mol. The fourth-order valence-electron chi connectivity index (χ4n) is 1.53. The van der Waals surface area contributed by atoms with Crippen molar-refractivity contribution in [1.29, 1.82) is 5.26 Å². The van der Waals surface area contributed by atoms with Crippen LogP contribution in [0.5, 0.6) is 11.6 Å². The lowest BCUT2D eigenvalue weighted by Gasteiger charge is -2.06. The average molecular weight is 270 g/mol. The maximum Gasteiger partial charge on any atom is 0.278 e. The first-order chi connectivity index (χ1) is 9.62. The summed E-state index contributed by atoms with van der Waals surface area (Å²) in [4.78, 5) is 14.4. The van der Waals surface area contributed by atoms with Crippen LogP contribution >= 0.6 is 0 Å². The second kappa shape index (κ2) is 5.67. The smallest absolute Gasteiger partial charge is 0.278 e. The zero-order valence-electron chi connectivity index (χ0n) is 10.5. The van der Waals surface area contributed by atoms with Gasteiger partial charge in [-0.2, -0.15) is 10.2 Å². The van der Waals surface area contributed by atoms with Gasteiger partial charge in [-0.15, -0.1) is 0 Å². The minimum Gasteiger partial charge on any atom is -0.439 e. The molecule has 0 fully saturated rings. The van der Waals surface area contributed by atoms with Crippen LogP contribution in [-0.4, -0.2) is 17.0 Å². The highest BCUT2D eigenvalue weighted by Crippen LogP contribution is 2.26. The largest absolute Gasteiger partial charge is 0.439 e. The van der Waals surface area contributed by atoms with Crippen LogP contribution < -0.4 is 10.1 Å². The van der Waals surface area contributed by atoms with E-state index >= 15 is 0 Å². The van der Waals surface area contributed by atoms with Gasteiger partial charge in [-0.05, 0) is 18.2 Å². The second-order valence-electron chi connectivity index (χ2n) is 3.80. The van der Waals surface area contributed by atoms with Gasteiger partial charge in [-0.3, -0.25) is 10.1 Å². The number of ether oxygens (including phenoxy) is 1. The minimum absolute atomic E-state index is 0.0821. The van der Waals surface area contributed by atoms with Crippen molar-refractivity contribution in [1.82, 2.24) is 4.98 Å². The Morgan fingerprint density at radius 2 is 2.20 bits per heavy atom. The fraction of sp³-hybridized carbons (Fsp3) is 0.0769. The van der Waals surface area contributed by atoms with Gasteiger partial charge in [0.1, 0.15) is 11.6 Å². The third-order valence-electron chi connectivity index (χ3n) is 2.44. The van der Waals surface area contributed by atoms with Crippen LogP contribution in [0.25, 0.3) is 0 Å². The first-order valence-electron chi connectivity index (χ1n) is 5.64. The Hall–Kier alpha value is -3.14. The summed E-state index contributed by atoms with van der Waals surface area (Å²) in [6.45, 7) is 0. The highest BCUT2D eigenvalue weighted by atomic mass is 16.6. The van der Waals surface area contributed by atoms with Crippen molar-refractivity contribution in [2.75, 3.05) is 12.4 Å². The molecule has 0 aliphatic carbocycles. The quantitative estimate of drug-likeness (QED) is 0.677. The molecule has 0 aliphatic heterocycles. The van der Waals surface area contributed by atoms with E-state index in [1.54, 1.807) is 25.2 Å². The van der Waals surface area contributed by atoms with E-state index in [2.05, 4.69) is 10.3 Å². The zero-order valence-corrected chi connectivity index (χ0v) is 10.5. The second-order valence-corrected chi connectivity index (χ2v) is 3.80. The maximum absolute atomic E-state index is 10.8.